The number of hydrogen-bond acceptors (Lipinski definition) is 3. The third-order valence-electron chi connectivity index (χ3n) is 2.40. The molecule has 0 saturated heterocycles. The Bertz CT molecular complexity index is 168. The quantitative estimate of drug-likeness (QED) is 0.581. The van der Waals surface area contributed by atoms with E-state index in [1.54, 1.807) is 0 Å². The van der Waals surface area contributed by atoms with Crippen LogP contribution in [0.4, 0.5) is 0 Å². The summed E-state index contributed by atoms with van der Waals surface area (Å²) >= 11 is 0. The van der Waals surface area contributed by atoms with E-state index in [-0.39, 0.29) is 12.1 Å². The number of nitrogens with zero attached hydrogens (tertiary/aromatic N) is 1. The van der Waals surface area contributed by atoms with E-state index in [4.69, 9.17) is 4.74 Å². The molecule has 0 radical (unpaired) electrons. The number of hydrogen-bond donors (Lipinski definition) is 0. The summed E-state index contributed by atoms with van der Waals surface area (Å²) in [6.07, 6.45) is 3.45. The Hall–Kier alpha value is -0.570. The summed E-state index contributed by atoms with van der Waals surface area (Å²) in [5.74, 6) is -0.159. The van der Waals surface area contributed by atoms with Crippen LogP contribution >= 0.6 is 0 Å². The molecule has 0 amide bonds. The molecule has 70 valence electrons. The van der Waals surface area contributed by atoms with Crippen LogP contribution in [-0.2, 0) is 9.53 Å². The minimum absolute atomic E-state index is 0.123. The molecule has 0 bridgehead atoms. The van der Waals surface area contributed by atoms with Crippen LogP contribution in [0.3, 0.4) is 0 Å². The van der Waals surface area contributed by atoms with Crippen molar-refractivity contribution in [3.8, 4) is 0 Å². The van der Waals surface area contributed by atoms with Gasteiger partial charge in [0.25, 0.3) is 0 Å². The van der Waals surface area contributed by atoms with Crippen molar-refractivity contribution in [1.82, 2.24) is 4.90 Å². The van der Waals surface area contributed by atoms with Crippen LogP contribution in [0.2, 0.25) is 0 Å². The molecule has 0 aromatic rings. The third-order valence-corrected chi connectivity index (χ3v) is 2.40. The Balaban J connectivity index is 2.46. The predicted octanol–water partition coefficient (Wildman–Crippen LogP) is 1.03. The van der Waals surface area contributed by atoms with Gasteiger partial charge in [-0.25, -0.2) is 0 Å². The molecule has 1 saturated carbocycles. The summed E-state index contributed by atoms with van der Waals surface area (Å²) in [4.78, 5) is 12.9. The molecular formula is C9H17NO2. The Morgan fingerprint density at radius 2 is 2.08 bits per heavy atom. The van der Waals surface area contributed by atoms with Crippen LogP contribution in [0.15, 0.2) is 0 Å². The fourth-order valence-electron chi connectivity index (χ4n) is 1.85. The second-order valence-electron chi connectivity index (χ2n) is 3.61. The first-order chi connectivity index (χ1) is 5.61. The molecule has 2 atom stereocenters. The van der Waals surface area contributed by atoms with Crippen molar-refractivity contribution in [3.63, 3.8) is 0 Å². The van der Waals surface area contributed by atoms with Crippen LogP contribution in [-0.4, -0.2) is 37.1 Å². The van der Waals surface area contributed by atoms with Gasteiger partial charge in [0.05, 0.1) is 0 Å². The van der Waals surface area contributed by atoms with Gasteiger partial charge in [-0.3, -0.25) is 4.79 Å². The van der Waals surface area contributed by atoms with Gasteiger partial charge < -0.3 is 9.64 Å². The van der Waals surface area contributed by atoms with Gasteiger partial charge in [-0.05, 0) is 33.4 Å². The van der Waals surface area contributed by atoms with Crippen molar-refractivity contribution in [2.75, 3.05) is 14.1 Å². The zero-order valence-electron chi connectivity index (χ0n) is 8.04. The summed E-state index contributed by atoms with van der Waals surface area (Å²) < 4.78 is 5.20. The van der Waals surface area contributed by atoms with Crippen LogP contribution < -0.4 is 0 Å². The molecule has 12 heavy (non-hydrogen) atoms. The SMILES string of the molecule is CC(=O)OC1CCCC1N(C)C. The molecule has 1 aliphatic rings. The van der Waals surface area contributed by atoms with Gasteiger partial charge in [0.1, 0.15) is 6.10 Å². The van der Waals surface area contributed by atoms with Gasteiger partial charge in [-0.1, -0.05) is 0 Å². The van der Waals surface area contributed by atoms with E-state index >= 15 is 0 Å². The van der Waals surface area contributed by atoms with Crippen LogP contribution in [0.25, 0.3) is 0 Å². The Morgan fingerprint density at radius 1 is 1.42 bits per heavy atom. The molecule has 0 aliphatic heterocycles. The first kappa shape index (κ1) is 9.52. The molecule has 1 aliphatic carbocycles. The van der Waals surface area contributed by atoms with Gasteiger partial charge >= 0.3 is 5.97 Å². The average molecular weight is 171 g/mol. The van der Waals surface area contributed by atoms with Crippen molar-refractivity contribution in [2.24, 2.45) is 0 Å². The lowest BCUT2D eigenvalue weighted by molar-refractivity contribution is -0.148. The number of carbonyl (C=O) groups excluding carboxylic acids is 1. The van der Waals surface area contributed by atoms with Gasteiger partial charge in [0.15, 0.2) is 0 Å². The lowest BCUT2D eigenvalue weighted by atomic mass is 10.2. The minimum Gasteiger partial charge on any atom is -0.461 e. The Labute approximate surface area is 73.7 Å². The molecule has 0 aromatic heterocycles. The second kappa shape index (κ2) is 3.90. The maximum atomic E-state index is 10.7. The molecule has 1 fully saturated rings. The van der Waals surface area contributed by atoms with Crippen molar-refractivity contribution in [2.45, 2.75) is 38.3 Å². The number of likely N-dealkylation sites (N-methyl/N-ethyl adjacent to an activating group) is 1. The number of carbonyl (C=O) groups is 1. The van der Waals surface area contributed by atoms with Crippen LogP contribution in [0.1, 0.15) is 26.2 Å². The number of esters is 1. The van der Waals surface area contributed by atoms with Gasteiger partial charge in [-0.2, -0.15) is 0 Å². The van der Waals surface area contributed by atoms with Crippen molar-refractivity contribution >= 4 is 5.97 Å². The fraction of sp³-hybridized carbons (Fsp3) is 0.889. The number of ether oxygens (including phenoxy) is 1. The van der Waals surface area contributed by atoms with Gasteiger partial charge in [0, 0.05) is 13.0 Å². The van der Waals surface area contributed by atoms with E-state index in [1.807, 2.05) is 14.1 Å². The van der Waals surface area contributed by atoms with E-state index < -0.39 is 0 Å². The normalized spacial score (nSPS) is 29.3. The number of rotatable bonds is 2. The van der Waals surface area contributed by atoms with Gasteiger partial charge in [0.2, 0.25) is 0 Å². The topological polar surface area (TPSA) is 29.5 Å². The second-order valence-corrected chi connectivity index (χ2v) is 3.61. The monoisotopic (exact) mass is 171 g/mol. The van der Waals surface area contributed by atoms with Gasteiger partial charge in [-0.15, -0.1) is 0 Å². The summed E-state index contributed by atoms with van der Waals surface area (Å²) in [6, 6.07) is 0.425. The maximum Gasteiger partial charge on any atom is 0.302 e. The predicted molar refractivity (Wildman–Crippen MR) is 46.9 cm³/mol. The van der Waals surface area contributed by atoms with Crippen LogP contribution in [0, 0.1) is 0 Å². The Morgan fingerprint density at radius 3 is 2.58 bits per heavy atom. The molecule has 0 heterocycles. The zero-order valence-corrected chi connectivity index (χ0v) is 8.04. The summed E-state index contributed by atoms with van der Waals surface area (Å²) in [5, 5.41) is 0. The average Bonchev–Trinajstić information content (AvgIpc) is 2.33. The lowest BCUT2D eigenvalue weighted by Crippen LogP contribution is -2.37. The van der Waals surface area contributed by atoms with Crippen molar-refractivity contribution < 1.29 is 9.53 Å². The first-order valence-corrected chi connectivity index (χ1v) is 4.45. The fourth-order valence-corrected chi connectivity index (χ4v) is 1.85. The molecule has 0 N–H and O–H groups in total. The first-order valence-electron chi connectivity index (χ1n) is 4.45. The van der Waals surface area contributed by atoms with E-state index in [0.717, 1.165) is 12.8 Å². The van der Waals surface area contributed by atoms with E-state index in [1.165, 1.54) is 13.3 Å². The third kappa shape index (κ3) is 2.21. The molecule has 3 heteroatoms. The molecule has 2 unspecified atom stereocenters. The molecule has 3 nitrogen and oxygen atoms in total. The molecule has 1 rings (SSSR count). The standard InChI is InChI=1S/C9H17NO2/c1-7(11)12-9-6-4-5-8(9)10(2)3/h8-9H,4-6H2,1-3H3. The smallest absolute Gasteiger partial charge is 0.302 e. The largest absolute Gasteiger partial charge is 0.461 e. The summed E-state index contributed by atoms with van der Waals surface area (Å²) in [6.45, 7) is 1.48. The highest BCUT2D eigenvalue weighted by atomic mass is 16.5. The zero-order chi connectivity index (χ0) is 9.14. The summed E-state index contributed by atoms with van der Waals surface area (Å²) in [5.41, 5.74) is 0. The lowest BCUT2D eigenvalue weighted by Gasteiger charge is -2.25. The molecule has 0 spiro atoms. The highest BCUT2D eigenvalue weighted by Crippen LogP contribution is 2.25. The molecule has 0 aromatic carbocycles. The highest BCUT2D eigenvalue weighted by Gasteiger charge is 2.30. The molecular weight excluding hydrogens is 154 g/mol. The van der Waals surface area contributed by atoms with E-state index in [2.05, 4.69) is 4.90 Å². The van der Waals surface area contributed by atoms with Crippen molar-refractivity contribution in [3.05, 3.63) is 0 Å². The highest BCUT2D eigenvalue weighted by molar-refractivity contribution is 5.66. The summed E-state index contributed by atoms with van der Waals surface area (Å²) in [7, 11) is 4.07. The van der Waals surface area contributed by atoms with Crippen LogP contribution in [0.5, 0.6) is 0 Å². The van der Waals surface area contributed by atoms with Crippen molar-refractivity contribution in [1.29, 1.82) is 0 Å². The Kier molecular flexibility index (Phi) is 3.09. The minimum atomic E-state index is -0.159. The van der Waals surface area contributed by atoms with E-state index in [0.29, 0.717) is 6.04 Å². The maximum absolute atomic E-state index is 10.7. The van der Waals surface area contributed by atoms with E-state index in [9.17, 15) is 4.79 Å².